The molecular weight excluding hydrogens is 354 g/mol. The molecule has 0 radical (unpaired) electrons. The second-order valence-electron chi connectivity index (χ2n) is 4.81. The maximum absolute atomic E-state index is 12.4. The van der Waals surface area contributed by atoms with E-state index in [0.29, 0.717) is 22.0 Å². The van der Waals surface area contributed by atoms with Crippen LogP contribution < -0.4 is 5.32 Å². The topological polar surface area (TPSA) is 57.8 Å². The summed E-state index contributed by atoms with van der Waals surface area (Å²) >= 11 is 9.42. The summed E-state index contributed by atoms with van der Waals surface area (Å²) < 4.78 is 2.69. The lowest BCUT2D eigenvalue weighted by Crippen LogP contribution is -2.18. The summed E-state index contributed by atoms with van der Waals surface area (Å²) in [4.78, 5) is 12.4. The van der Waals surface area contributed by atoms with Gasteiger partial charge in [-0.25, -0.2) is 0 Å². The highest BCUT2D eigenvalue weighted by Crippen LogP contribution is 2.25. The van der Waals surface area contributed by atoms with Gasteiger partial charge >= 0.3 is 0 Å². The first kappa shape index (κ1) is 15.6. The van der Waals surface area contributed by atoms with Crippen molar-refractivity contribution in [1.29, 1.82) is 5.26 Å². The van der Waals surface area contributed by atoms with Crippen LogP contribution in [0.5, 0.6) is 0 Å². The van der Waals surface area contributed by atoms with Gasteiger partial charge in [-0.2, -0.15) is 5.26 Å². The fourth-order valence-electron chi connectivity index (χ4n) is 1.93. The number of nitriles is 1. The Labute approximate surface area is 136 Å². The normalized spacial score (nSPS) is 10.5. The Morgan fingerprint density at radius 2 is 2.14 bits per heavy atom. The molecule has 0 saturated carbocycles. The number of nitrogens with one attached hydrogen (secondary N) is 1. The second kappa shape index (κ2) is 6.33. The van der Waals surface area contributed by atoms with E-state index < -0.39 is 0 Å². The molecule has 21 heavy (non-hydrogen) atoms. The highest BCUT2D eigenvalue weighted by molar-refractivity contribution is 9.10. The number of rotatable bonds is 3. The Morgan fingerprint density at radius 1 is 1.43 bits per heavy atom. The van der Waals surface area contributed by atoms with E-state index in [0.717, 1.165) is 4.47 Å². The summed E-state index contributed by atoms with van der Waals surface area (Å²) in [5.41, 5.74) is 1.39. The minimum Gasteiger partial charge on any atom is -0.340 e. The van der Waals surface area contributed by atoms with Gasteiger partial charge in [-0.1, -0.05) is 11.6 Å². The molecule has 1 amide bonds. The monoisotopic (exact) mass is 365 g/mol. The standard InChI is InChI=1S/C15H13BrClN3O/c1-9(2)20-8-11(16)6-14(20)15(21)19-13-5-10(7-18)3-4-12(13)17/h3-6,8-9H,1-2H3,(H,19,21). The van der Waals surface area contributed by atoms with Crippen molar-refractivity contribution >= 4 is 39.1 Å². The van der Waals surface area contributed by atoms with Crippen molar-refractivity contribution in [3.05, 3.63) is 51.2 Å². The fraction of sp³-hybridized carbons (Fsp3) is 0.200. The highest BCUT2D eigenvalue weighted by atomic mass is 79.9. The van der Waals surface area contributed by atoms with E-state index in [2.05, 4.69) is 21.2 Å². The maximum Gasteiger partial charge on any atom is 0.272 e. The molecule has 4 nitrogen and oxygen atoms in total. The molecule has 1 N–H and O–H groups in total. The Hall–Kier alpha value is -1.77. The summed E-state index contributed by atoms with van der Waals surface area (Å²) in [7, 11) is 0. The summed E-state index contributed by atoms with van der Waals surface area (Å²) in [6.07, 6.45) is 1.85. The SMILES string of the molecule is CC(C)n1cc(Br)cc1C(=O)Nc1cc(C#N)ccc1Cl. The van der Waals surface area contributed by atoms with Crippen LogP contribution in [0.15, 0.2) is 34.9 Å². The summed E-state index contributed by atoms with van der Waals surface area (Å²) in [5, 5.41) is 12.0. The van der Waals surface area contributed by atoms with Gasteiger partial charge in [-0.15, -0.1) is 0 Å². The van der Waals surface area contributed by atoms with E-state index in [-0.39, 0.29) is 11.9 Å². The first-order valence-electron chi connectivity index (χ1n) is 6.30. The fourth-order valence-corrected chi connectivity index (χ4v) is 2.53. The van der Waals surface area contributed by atoms with Crippen LogP contribution >= 0.6 is 27.5 Å². The van der Waals surface area contributed by atoms with Gasteiger partial charge in [0.1, 0.15) is 5.69 Å². The third kappa shape index (κ3) is 3.46. The van der Waals surface area contributed by atoms with Crippen LogP contribution in [0.1, 0.15) is 35.9 Å². The lowest BCUT2D eigenvalue weighted by Gasteiger charge is -2.13. The molecule has 6 heteroatoms. The van der Waals surface area contributed by atoms with E-state index >= 15 is 0 Å². The Morgan fingerprint density at radius 3 is 2.76 bits per heavy atom. The van der Waals surface area contributed by atoms with Gasteiger partial charge in [0.15, 0.2) is 0 Å². The third-order valence-corrected chi connectivity index (χ3v) is 3.71. The molecule has 0 bridgehead atoms. The first-order valence-corrected chi connectivity index (χ1v) is 7.48. The minimum absolute atomic E-state index is 0.151. The Balaban J connectivity index is 2.33. The molecule has 0 aliphatic heterocycles. The van der Waals surface area contributed by atoms with Gasteiger partial charge in [0, 0.05) is 16.7 Å². The van der Waals surface area contributed by atoms with Crippen molar-refractivity contribution in [2.24, 2.45) is 0 Å². The lowest BCUT2D eigenvalue weighted by molar-refractivity contribution is 0.101. The number of hydrogen-bond acceptors (Lipinski definition) is 2. The van der Waals surface area contributed by atoms with Crippen molar-refractivity contribution in [2.45, 2.75) is 19.9 Å². The quantitative estimate of drug-likeness (QED) is 0.862. The number of anilines is 1. The maximum atomic E-state index is 12.4. The number of halogens is 2. The molecule has 0 fully saturated rings. The van der Waals surface area contributed by atoms with E-state index in [9.17, 15) is 4.79 Å². The molecule has 0 saturated heterocycles. The van der Waals surface area contributed by atoms with Crippen LogP contribution in [0, 0.1) is 11.3 Å². The van der Waals surface area contributed by atoms with E-state index in [1.54, 1.807) is 24.3 Å². The van der Waals surface area contributed by atoms with Crippen molar-refractivity contribution in [3.8, 4) is 6.07 Å². The van der Waals surface area contributed by atoms with Gasteiger partial charge in [0.2, 0.25) is 0 Å². The highest BCUT2D eigenvalue weighted by Gasteiger charge is 2.16. The summed E-state index contributed by atoms with van der Waals surface area (Å²) in [6, 6.07) is 8.66. The predicted octanol–water partition coefficient (Wildman–Crippen LogP) is 4.61. The molecule has 108 valence electrons. The van der Waals surface area contributed by atoms with Crippen molar-refractivity contribution in [1.82, 2.24) is 4.57 Å². The molecular formula is C15H13BrClN3O. The van der Waals surface area contributed by atoms with Crippen LogP contribution in [0.4, 0.5) is 5.69 Å². The van der Waals surface area contributed by atoms with Crippen molar-refractivity contribution in [3.63, 3.8) is 0 Å². The van der Waals surface area contributed by atoms with Gasteiger partial charge in [-0.3, -0.25) is 4.79 Å². The van der Waals surface area contributed by atoms with Crippen LogP contribution in [-0.2, 0) is 0 Å². The van der Waals surface area contributed by atoms with Crippen LogP contribution in [0.25, 0.3) is 0 Å². The van der Waals surface area contributed by atoms with Gasteiger partial charge < -0.3 is 9.88 Å². The van der Waals surface area contributed by atoms with Crippen LogP contribution in [-0.4, -0.2) is 10.5 Å². The van der Waals surface area contributed by atoms with E-state index in [1.807, 2.05) is 30.7 Å². The average Bonchev–Trinajstić information content (AvgIpc) is 2.83. The Kier molecular flexibility index (Phi) is 4.71. The molecule has 1 heterocycles. The summed E-state index contributed by atoms with van der Waals surface area (Å²) in [6.45, 7) is 3.99. The number of carbonyl (C=O) groups excluding carboxylic acids is 1. The zero-order valence-electron chi connectivity index (χ0n) is 11.5. The van der Waals surface area contributed by atoms with Crippen molar-refractivity contribution < 1.29 is 4.79 Å². The molecule has 0 aliphatic carbocycles. The largest absolute Gasteiger partial charge is 0.340 e. The van der Waals surface area contributed by atoms with Crippen LogP contribution in [0.3, 0.4) is 0 Å². The van der Waals surface area contributed by atoms with Gasteiger partial charge in [-0.05, 0) is 54.0 Å². The van der Waals surface area contributed by atoms with Gasteiger partial charge in [0.25, 0.3) is 5.91 Å². The Bertz CT molecular complexity index is 731. The number of amides is 1. The minimum atomic E-state index is -0.272. The average molecular weight is 367 g/mol. The zero-order valence-corrected chi connectivity index (χ0v) is 13.9. The molecule has 2 aromatic rings. The number of hydrogen-bond donors (Lipinski definition) is 1. The summed E-state index contributed by atoms with van der Waals surface area (Å²) in [5.74, 6) is -0.272. The van der Waals surface area contributed by atoms with Gasteiger partial charge in [0.05, 0.1) is 22.3 Å². The number of aromatic nitrogens is 1. The number of carbonyl (C=O) groups is 1. The molecule has 1 aromatic carbocycles. The molecule has 1 aromatic heterocycles. The first-order chi connectivity index (χ1) is 9.92. The van der Waals surface area contributed by atoms with Crippen molar-refractivity contribution in [2.75, 3.05) is 5.32 Å². The zero-order chi connectivity index (χ0) is 15.6. The molecule has 0 unspecified atom stereocenters. The molecule has 2 rings (SSSR count). The third-order valence-electron chi connectivity index (χ3n) is 2.95. The number of benzene rings is 1. The number of nitrogens with zero attached hydrogens (tertiary/aromatic N) is 2. The smallest absolute Gasteiger partial charge is 0.272 e. The van der Waals surface area contributed by atoms with Crippen LogP contribution in [0.2, 0.25) is 5.02 Å². The lowest BCUT2D eigenvalue weighted by atomic mass is 10.2. The molecule has 0 spiro atoms. The predicted molar refractivity (Wildman–Crippen MR) is 86.6 cm³/mol. The molecule has 0 aliphatic rings. The second-order valence-corrected chi connectivity index (χ2v) is 6.13. The molecule has 0 atom stereocenters. The van der Waals surface area contributed by atoms with E-state index in [4.69, 9.17) is 16.9 Å². The van der Waals surface area contributed by atoms with E-state index in [1.165, 1.54) is 0 Å².